The first-order valence-electron chi connectivity index (χ1n) is 9.63. The smallest absolute Gasteiger partial charge is 0.287 e. The van der Waals surface area contributed by atoms with Crippen molar-refractivity contribution in [3.05, 3.63) is 82.4 Å². The van der Waals surface area contributed by atoms with Crippen LogP contribution in [0, 0.1) is 15.9 Å². The van der Waals surface area contributed by atoms with E-state index in [1.54, 1.807) is 41.4 Å². The number of nitrogens with zero attached hydrogens (tertiary/aromatic N) is 5. The summed E-state index contributed by atoms with van der Waals surface area (Å²) >= 11 is 0. The average molecular weight is 422 g/mol. The highest BCUT2D eigenvalue weighted by molar-refractivity contribution is 5.99. The molecule has 9 nitrogen and oxygen atoms in total. The molecule has 1 fully saturated rings. The lowest BCUT2D eigenvalue weighted by atomic mass is 10.2. The molecule has 1 saturated heterocycles. The molecule has 0 atom stereocenters. The van der Waals surface area contributed by atoms with Gasteiger partial charge in [0, 0.05) is 44.1 Å². The molecule has 1 amide bonds. The number of anilines is 3. The summed E-state index contributed by atoms with van der Waals surface area (Å²) in [7, 11) is 0. The number of hydrogen-bond donors (Lipinski definition) is 1. The van der Waals surface area contributed by atoms with E-state index < -0.39 is 4.92 Å². The van der Waals surface area contributed by atoms with E-state index in [0.717, 1.165) is 0 Å². The molecule has 0 unspecified atom stereocenters. The third kappa shape index (κ3) is 4.58. The Morgan fingerprint density at radius 2 is 1.87 bits per heavy atom. The molecular formula is C21H19FN6O3. The fourth-order valence-electron chi connectivity index (χ4n) is 3.36. The molecule has 3 aromatic rings. The molecule has 1 aromatic carbocycles. The molecule has 158 valence electrons. The van der Waals surface area contributed by atoms with Gasteiger partial charge in [-0.05, 0) is 36.4 Å². The van der Waals surface area contributed by atoms with Crippen LogP contribution in [0.25, 0.3) is 0 Å². The Bertz CT molecular complexity index is 1100. The minimum absolute atomic E-state index is 0.0625. The molecule has 1 aliphatic rings. The van der Waals surface area contributed by atoms with Crippen molar-refractivity contribution in [1.82, 2.24) is 14.9 Å². The monoisotopic (exact) mass is 422 g/mol. The summed E-state index contributed by atoms with van der Waals surface area (Å²) in [6.07, 6.45) is 2.80. The van der Waals surface area contributed by atoms with Gasteiger partial charge in [-0.1, -0.05) is 6.07 Å². The van der Waals surface area contributed by atoms with Crippen molar-refractivity contribution in [1.29, 1.82) is 0 Å². The van der Waals surface area contributed by atoms with Crippen LogP contribution in [-0.4, -0.2) is 51.9 Å². The van der Waals surface area contributed by atoms with E-state index in [0.29, 0.717) is 49.1 Å². The first kappa shape index (κ1) is 20.2. The van der Waals surface area contributed by atoms with Gasteiger partial charge < -0.3 is 15.1 Å². The first-order chi connectivity index (χ1) is 15.0. The van der Waals surface area contributed by atoms with Crippen LogP contribution in [0.2, 0.25) is 0 Å². The van der Waals surface area contributed by atoms with E-state index in [1.165, 1.54) is 24.4 Å². The zero-order valence-electron chi connectivity index (χ0n) is 16.4. The van der Waals surface area contributed by atoms with Gasteiger partial charge in [0.05, 0.1) is 10.5 Å². The van der Waals surface area contributed by atoms with Gasteiger partial charge in [-0.2, -0.15) is 0 Å². The standard InChI is InChI=1S/C21H19FN6O3/c22-15-3-1-4-16(13-15)25-20-18(5-2-8-23-20)21(29)27-11-9-26(10-12-27)19-7-6-17(14-24-19)28(30)31/h1-8,13-14H,9-12H2,(H,23,25). The van der Waals surface area contributed by atoms with Gasteiger partial charge in [-0.15, -0.1) is 0 Å². The maximum atomic E-state index is 13.5. The third-order valence-corrected chi connectivity index (χ3v) is 4.96. The van der Waals surface area contributed by atoms with Crippen molar-refractivity contribution >= 4 is 28.9 Å². The number of carbonyl (C=O) groups excluding carboxylic acids is 1. The Morgan fingerprint density at radius 3 is 2.55 bits per heavy atom. The van der Waals surface area contributed by atoms with E-state index in [1.807, 2.05) is 4.90 Å². The number of pyridine rings is 2. The van der Waals surface area contributed by atoms with Crippen molar-refractivity contribution in [3.63, 3.8) is 0 Å². The molecule has 0 bridgehead atoms. The Balaban J connectivity index is 1.43. The Hall–Kier alpha value is -4.08. The zero-order valence-corrected chi connectivity index (χ0v) is 16.4. The number of piperazine rings is 1. The van der Waals surface area contributed by atoms with Gasteiger partial charge in [0.25, 0.3) is 11.6 Å². The van der Waals surface area contributed by atoms with E-state index in [2.05, 4.69) is 15.3 Å². The molecule has 2 aromatic heterocycles. The predicted molar refractivity (Wildman–Crippen MR) is 113 cm³/mol. The molecule has 1 N–H and O–H groups in total. The molecule has 0 radical (unpaired) electrons. The highest BCUT2D eigenvalue weighted by atomic mass is 19.1. The Labute approximate surface area is 177 Å². The van der Waals surface area contributed by atoms with Gasteiger partial charge in [-0.25, -0.2) is 14.4 Å². The van der Waals surface area contributed by atoms with E-state index in [-0.39, 0.29) is 17.4 Å². The SMILES string of the molecule is O=C(c1cccnc1Nc1cccc(F)c1)N1CCN(c2ccc([N+](=O)[O-])cn2)CC1. The quantitative estimate of drug-likeness (QED) is 0.497. The number of nitrogens with one attached hydrogen (secondary N) is 1. The number of aromatic nitrogens is 2. The normalized spacial score (nSPS) is 13.7. The predicted octanol–water partition coefficient (Wildman–Crippen LogP) is 3.23. The number of rotatable bonds is 5. The van der Waals surface area contributed by atoms with Crippen LogP contribution >= 0.6 is 0 Å². The summed E-state index contributed by atoms with van der Waals surface area (Å²) in [6, 6.07) is 12.3. The van der Waals surface area contributed by atoms with E-state index >= 15 is 0 Å². The minimum Gasteiger partial charge on any atom is -0.353 e. The van der Waals surface area contributed by atoms with Crippen LogP contribution in [0.5, 0.6) is 0 Å². The summed E-state index contributed by atoms with van der Waals surface area (Å²) < 4.78 is 13.5. The maximum absolute atomic E-state index is 13.5. The van der Waals surface area contributed by atoms with Gasteiger partial charge in [0.2, 0.25) is 0 Å². The van der Waals surface area contributed by atoms with Gasteiger partial charge in [-0.3, -0.25) is 14.9 Å². The van der Waals surface area contributed by atoms with Crippen molar-refractivity contribution in [3.8, 4) is 0 Å². The molecule has 10 heteroatoms. The van der Waals surface area contributed by atoms with E-state index in [4.69, 9.17) is 0 Å². The minimum atomic E-state index is -0.489. The molecule has 4 rings (SSSR count). The van der Waals surface area contributed by atoms with Crippen LogP contribution in [-0.2, 0) is 0 Å². The molecule has 0 saturated carbocycles. The lowest BCUT2D eigenvalue weighted by Gasteiger charge is -2.35. The number of halogens is 1. The number of carbonyl (C=O) groups is 1. The summed E-state index contributed by atoms with van der Waals surface area (Å²) in [5, 5.41) is 13.8. The fourth-order valence-corrected chi connectivity index (χ4v) is 3.36. The van der Waals surface area contributed by atoms with Crippen molar-refractivity contribution in [2.24, 2.45) is 0 Å². The topological polar surface area (TPSA) is 105 Å². The van der Waals surface area contributed by atoms with Crippen LogP contribution in [0.1, 0.15) is 10.4 Å². The van der Waals surface area contributed by atoms with Crippen LogP contribution < -0.4 is 10.2 Å². The Morgan fingerprint density at radius 1 is 1.06 bits per heavy atom. The molecule has 0 aliphatic carbocycles. The van der Waals surface area contributed by atoms with Crippen molar-refractivity contribution < 1.29 is 14.1 Å². The Kier molecular flexibility index (Phi) is 5.69. The zero-order chi connectivity index (χ0) is 21.8. The number of benzene rings is 1. The number of nitro groups is 1. The van der Waals surface area contributed by atoms with Gasteiger partial charge in [0.1, 0.15) is 23.6 Å². The fraction of sp³-hybridized carbons (Fsp3) is 0.190. The second kappa shape index (κ2) is 8.74. The number of hydrogen-bond acceptors (Lipinski definition) is 7. The summed E-state index contributed by atoms with van der Waals surface area (Å²) in [6.45, 7) is 2.02. The summed E-state index contributed by atoms with van der Waals surface area (Å²) in [4.78, 5) is 35.5. The lowest BCUT2D eigenvalue weighted by Crippen LogP contribution is -2.49. The van der Waals surface area contributed by atoms with Crippen molar-refractivity contribution in [2.45, 2.75) is 0 Å². The van der Waals surface area contributed by atoms with Crippen LogP contribution in [0.15, 0.2) is 60.9 Å². The second-order valence-corrected chi connectivity index (χ2v) is 6.95. The molecule has 31 heavy (non-hydrogen) atoms. The van der Waals surface area contributed by atoms with Crippen molar-refractivity contribution in [2.75, 3.05) is 36.4 Å². The first-order valence-corrected chi connectivity index (χ1v) is 9.63. The highest BCUT2D eigenvalue weighted by Crippen LogP contribution is 2.22. The third-order valence-electron chi connectivity index (χ3n) is 4.96. The molecule has 0 spiro atoms. The highest BCUT2D eigenvalue weighted by Gasteiger charge is 2.25. The number of amides is 1. The largest absolute Gasteiger partial charge is 0.353 e. The van der Waals surface area contributed by atoms with Crippen LogP contribution in [0.3, 0.4) is 0 Å². The lowest BCUT2D eigenvalue weighted by molar-refractivity contribution is -0.385. The molecular weight excluding hydrogens is 403 g/mol. The molecule has 3 heterocycles. The molecule has 1 aliphatic heterocycles. The summed E-state index contributed by atoms with van der Waals surface area (Å²) in [5.41, 5.74) is 0.836. The van der Waals surface area contributed by atoms with Crippen LogP contribution in [0.4, 0.5) is 27.4 Å². The van der Waals surface area contributed by atoms with E-state index in [9.17, 15) is 19.3 Å². The summed E-state index contributed by atoms with van der Waals surface area (Å²) in [5.74, 6) is 0.429. The van der Waals surface area contributed by atoms with Gasteiger partial charge in [0.15, 0.2) is 0 Å². The second-order valence-electron chi connectivity index (χ2n) is 6.95. The average Bonchev–Trinajstić information content (AvgIpc) is 2.79. The van der Waals surface area contributed by atoms with Gasteiger partial charge >= 0.3 is 0 Å². The maximum Gasteiger partial charge on any atom is 0.287 e.